The van der Waals surface area contributed by atoms with Gasteiger partial charge in [-0.15, -0.1) is 0 Å². The second kappa shape index (κ2) is 20.4. The van der Waals surface area contributed by atoms with E-state index in [2.05, 4.69) is 30.9 Å². The molecular formula is C78H51N9O9. The Balaban J connectivity index is 0.673. The normalized spacial score (nSPS) is 20.1. The zero-order valence-electron chi connectivity index (χ0n) is 50.9. The van der Waals surface area contributed by atoms with Crippen molar-refractivity contribution in [3.8, 4) is 0 Å². The number of nitrogens with one attached hydrogen (secondary N) is 3. The van der Waals surface area contributed by atoms with Crippen molar-refractivity contribution < 1.29 is 43.2 Å². The molecule has 3 aliphatic heterocycles. The van der Waals surface area contributed by atoms with E-state index in [-0.39, 0.29) is 72.9 Å². The third-order valence-corrected chi connectivity index (χ3v) is 21.3. The number of aromatic nitrogens is 3. The van der Waals surface area contributed by atoms with Crippen LogP contribution in [-0.4, -0.2) is 82.8 Å². The Morgan fingerprint density at radius 1 is 0.312 bits per heavy atom. The van der Waals surface area contributed by atoms with Gasteiger partial charge >= 0.3 is 0 Å². The molecule has 9 aliphatic rings. The zero-order chi connectivity index (χ0) is 64.7. The van der Waals surface area contributed by atoms with E-state index < -0.39 is 35.4 Å². The van der Waals surface area contributed by atoms with E-state index in [0.29, 0.717) is 83.8 Å². The highest BCUT2D eigenvalue weighted by Gasteiger charge is 2.59. The molecule has 18 nitrogen and oxygen atoms in total. The largest absolute Gasteiger partial charge is 0.321 e. The maximum atomic E-state index is 14.7. The third-order valence-electron chi connectivity index (χ3n) is 21.3. The average Bonchev–Trinajstić information content (AvgIpc) is 1.47. The lowest BCUT2D eigenvalue weighted by molar-refractivity contribution is 0.0627. The Kier molecular flexibility index (Phi) is 11.8. The second-order valence-corrected chi connectivity index (χ2v) is 26.4. The van der Waals surface area contributed by atoms with E-state index in [1.165, 1.54) is 66.7 Å². The molecule has 0 unspecified atom stereocenters. The van der Waals surface area contributed by atoms with Gasteiger partial charge in [-0.05, 0) is 194 Å². The summed E-state index contributed by atoms with van der Waals surface area (Å²) in [5, 5.41) is 8.64. The van der Waals surface area contributed by atoms with Crippen LogP contribution in [0, 0.1) is 0 Å². The Morgan fingerprint density at radius 3 is 0.750 bits per heavy atom. The summed E-state index contributed by atoms with van der Waals surface area (Å²) in [5.41, 5.74) is 19.6. The van der Waals surface area contributed by atoms with Crippen LogP contribution < -0.4 is 16.0 Å². The summed E-state index contributed by atoms with van der Waals surface area (Å²) in [7, 11) is 0. The number of hydrogen-bond donors (Lipinski definition) is 3. The minimum atomic E-state index is -0.418. The standard InChI is InChI=1S/C78H51N9O9/c88-70(40-10-4-1-5-11-40)82-43-16-37(28-79-31-43)34-85-73(91)58-19-46-47(20-59(58)74(85)92)53-25-52(46)64-65(53)67-55-27-57(51-24-63-61(22-49(51)55)76(94)87(78(63)96)36-39-18-45(33-81-30-39)84-72(90)42-14-8-3-9-15-42)69(67)68-56-26-54(66(64)68)48-21-60-62(23-50(48)56)77(95)86(75(60)93)35-38-17-44(32-80-29-38)83-71(89)41-12-6-2-7-13-41/h1-24,28-33,52-57H,25-27,34-36H2,(H,82,88)(H,83,89)(H,84,90)/t52-,53+,54+,55-,56-,57+. The van der Waals surface area contributed by atoms with Crippen LogP contribution in [0.3, 0.4) is 0 Å². The number of carbonyl (C=O) groups excluding carboxylic acids is 9. The van der Waals surface area contributed by atoms with Gasteiger partial charge in [0.25, 0.3) is 53.2 Å². The lowest BCUT2D eigenvalue weighted by atomic mass is 9.68. The predicted molar refractivity (Wildman–Crippen MR) is 349 cm³/mol. The molecule has 3 N–H and O–H groups in total. The van der Waals surface area contributed by atoms with E-state index in [1.54, 1.807) is 110 Å². The van der Waals surface area contributed by atoms with Gasteiger partial charge in [0.05, 0.1) is 88.7 Å². The van der Waals surface area contributed by atoms with Crippen molar-refractivity contribution in [2.24, 2.45) is 0 Å². The molecule has 7 aromatic carbocycles. The number of nitrogens with zero attached hydrogens (tertiary/aromatic N) is 6. The van der Waals surface area contributed by atoms with Crippen LogP contribution in [0.1, 0.15) is 231 Å². The summed E-state index contributed by atoms with van der Waals surface area (Å²) >= 11 is 0. The first-order valence-corrected chi connectivity index (χ1v) is 32.1. The van der Waals surface area contributed by atoms with Gasteiger partial charge in [-0.2, -0.15) is 0 Å². The maximum Gasteiger partial charge on any atom is 0.261 e. The molecule has 462 valence electrons. The number of pyridine rings is 3. The Hall–Kier alpha value is -12.2. The maximum absolute atomic E-state index is 14.7. The molecule has 96 heavy (non-hydrogen) atoms. The molecule has 0 saturated heterocycles. The van der Waals surface area contributed by atoms with Crippen molar-refractivity contribution in [1.82, 2.24) is 29.7 Å². The Labute approximate surface area is 547 Å². The van der Waals surface area contributed by atoms with Gasteiger partial charge in [0.15, 0.2) is 0 Å². The fourth-order valence-corrected chi connectivity index (χ4v) is 17.4. The highest BCUT2D eigenvalue weighted by Crippen LogP contribution is 2.72. The van der Waals surface area contributed by atoms with Crippen molar-refractivity contribution in [2.45, 2.75) is 74.4 Å². The topological polar surface area (TPSA) is 238 Å². The molecule has 0 fully saturated rings. The third kappa shape index (κ3) is 8.04. The minimum absolute atomic E-state index is 0.0678. The van der Waals surface area contributed by atoms with Crippen molar-refractivity contribution in [3.63, 3.8) is 0 Å². The summed E-state index contributed by atoms with van der Waals surface area (Å²) in [6.07, 6.45) is 11.5. The van der Waals surface area contributed by atoms with Crippen molar-refractivity contribution in [2.75, 3.05) is 16.0 Å². The summed E-state index contributed by atoms with van der Waals surface area (Å²) < 4.78 is 0. The molecule has 0 radical (unpaired) electrons. The fourth-order valence-electron chi connectivity index (χ4n) is 17.4. The van der Waals surface area contributed by atoms with Crippen LogP contribution in [0.4, 0.5) is 17.1 Å². The quantitative estimate of drug-likeness (QED) is 0.0968. The SMILES string of the molecule is O=C(Nc1cncc(CN2C(=O)c3cc4c(cc3C2=O)[C@@H]2C[C@H]4c3c4c(c5c(c32)[C@@H]2C[C@H]5c3cc5c(cc32)C(=O)N(Cc2cncc(NC(=O)c3ccccc3)c2)C5=O)[C@@H]2C[C@H]4c3cc4c(cc32)C(=O)N(Cc2cncc(NC(=O)c3ccccc3)c2)C4=O)c1)c1ccccc1. The first kappa shape index (κ1) is 55.5. The number of hydrogen-bond acceptors (Lipinski definition) is 12. The second-order valence-electron chi connectivity index (χ2n) is 26.4. The van der Waals surface area contributed by atoms with Crippen LogP contribution in [0.5, 0.6) is 0 Å². The molecular weight excluding hydrogens is 1210 g/mol. The molecule has 9 amide bonds. The molecule has 6 heterocycles. The summed E-state index contributed by atoms with van der Waals surface area (Å²) in [4.78, 5) is 144. The molecule has 3 aromatic heterocycles. The molecule has 6 atom stereocenters. The van der Waals surface area contributed by atoms with E-state index in [1.807, 2.05) is 54.6 Å². The van der Waals surface area contributed by atoms with Crippen LogP contribution in [-0.2, 0) is 19.6 Å². The number of anilines is 3. The molecule has 6 bridgehead atoms. The Morgan fingerprint density at radius 2 is 0.531 bits per heavy atom. The highest BCUT2D eigenvalue weighted by molar-refractivity contribution is 6.23. The molecule has 18 heteroatoms. The molecule has 0 saturated carbocycles. The smallest absolute Gasteiger partial charge is 0.261 e. The molecule has 19 rings (SSSR count). The van der Waals surface area contributed by atoms with Gasteiger partial charge in [-0.25, -0.2) is 0 Å². The predicted octanol–water partition coefficient (Wildman–Crippen LogP) is 12.0. The van der Waals surface area contributed by atoms with Gasteiger partial charge in [-0.3, -0.25) is 72.8 Å². The molecule has 6 aliphatic carbocycles. The number of amides is 9. The minimum Gasteiger partial charge on any atom is -0.321 e. The van der Waals surface area contributed by atoms with Gasteiger partial charge < -0.3 is 16.0 Å². The fraction of sp³-hybridized carbons (Fsp3) is 0.154. The average molecular weight is 1260 g/mol. The van der Waals surface area contributed by atoms with E-state index in [9.17, 15) is 43.2 Å². The number of fused-ring (bicyclic) bond motifs is 30. The first-order chi connectivity index (χ1) is 46.8. The van der Waals surface area contributed by atoms with Crippen LogP contribution >= 0.6 is 0 Å². The monoisotopic (exact) mass is 1260 g/mol. The summed E-state index contributed by atoms with van der Waals surface area (Å²) in [6.45, 7) is -0.203. The van der Waals surface area contributed by atoms with E-state index in [0.717, 1.165) is 52.6 Å². The van der Waals surface area contributed by atoms with Gasteiger partial charge in [0, 0.05) is 70.8 Å². The number of benzene rings is 7. The number of imide groups is 3. The van der Waals surface area contributed by atoms with Crippen LogP contribution in [0.2, 0.25) is 0 Å². The van der Waals surface area contributed by atoms with Gasteiger partial charge in [0.1, 0.15) is 0 Å². The van der Waals surface area contributed by atoms with Crippen molar-refractivity contribution >= 4 is 70.2 Å². The van der Waals surface area contributed by atoms with Crippen molar-refractivity contribution in [3.05, 3.63) is 316 Å². The Bertz CT molecular complexity index is 4610. The van der Waals surface area contributed by atoms with Crippen LogP contribution in [0.15, 0.2) is 183 Å². The van der Waals surface area contributed by atoms with Gasteiger partial charge in [-0.1, -0.05) is 54.6 Å². The van der Waals surface area contributed by atoms with E-state index >= 15 is 0 Å². The zero-order valence-corrected chi connectivity index (χ0v) is 50.9. The number of rotatable bonds is 12. The highest BCUT2D eigenvalue weighted by atomic mass is 16.2. The van der Waals surface area contributed by atoms with Crippen molar-refractivity contribution in [1.29, 1.82) is 0 Å². The first-order valence-electron chi connectivity index (χ1n) is 32.1. The van der Waals surface area contributed by atoms with E-state index in [4.69, 9.17) is 0 Å². The number of carbonyl (C=O) groups is 9. The summed E-state index contributed by atoms with van der Waals surface area (Å²) in [6, 6.07) is 43.1. The lowest BCUT2D eigenvalue weighted by Gasteiger charge is -2.35. The van der Waals surface area contributed by atoms with Crippen LogP contribution in [0.25, 0.3) is 0 Å². The lowest BCUT2D eigenvalue weighted by Crippen LogP contribution is -2.29. The van der Waals surface area contributed by atoms with Gasteiger partial charge in [0.2, 0.25) is 0 Å². The molecule has 0 spiro atoms. The molecule has 10 aromatic rings. The summed E-state index contributed by atoms with van der Waals surface area (Å²) in [5.74, 6) is -4.31.